The molecule has 0 radical (unpaired) electrons. The highest BCUT2D eigenvalue weighted by molar-refractivity contribution is 4.73. The Bertz CT molecular complexity index is 114. The van der Waals surface area contributed by atoms with Crippen molar-refractivity contribution >= 4 is 0 Å². The third-order valence-electron chi connectivity index (χ3n) is 2.62. The molecule has 1 aliphatic rings. The normalized spacial score (nSPS) is 19.3. The minimum absolute atomic E-state index is 0.823. The van der Waals surface area contributed by atoms with Crippen LogP contribution in [0.2, 0.25) is 0 Å². The van der Waals surface area contributed by atoms with Crippen LogP contribution < -0.4 is 5.32 Å². The molecule has 70 valence electrons. The molecule has 0 aliphatic heterocycles. The van der Waals surface area contributed by atoms with Crippen LogP contribution in [0.5, 0.6) is 0 Å². The molecule has 0 saturated heterocycles. The number of nitrogens with one attached hydrogen (secondary N) is 1. The molecule has 1 N–H and O–H groups in total. The van der Waals surface area contributed by atoms with Crippen molar-refractivity contribution in [3.05, 3.63) is 12.7 Å². The highest BCUT2D eigenvalue weighted by Crippen LogP contribution is 2.17. The zero-order valence-corrected chi connectivity index (χ0v) is 8.02. The van der Waals surface area contributed by atoms with Crippen LogP contribution in [-0.4, -0.2) is 12.6 Å². The maximum atomic E-state index is 3.72. The summed E-state index contributed by atoms with van der Waals surface area (Å²) in [7, 11) is 0. The van der Waals surface area contributed by atoms with Crippen molar-refractivity contribution < 1.29 is 0 Å². The van der Waals surface area contributed by atoms with Gasteiger partial charge in [-0.2, -0.15) is 0 Å². The van der Waals surface area contributed by atoms with Crippen molar-refractivity contribution in [1.29, 1.82) is 0 Å². The summed E-state index contributed by atoms with van der Waals surface area (Å²) in [6.07, 6.45) is 11.5. The molecule has 0 aromatic carbocycles. The van der Waals surface area contributed by atoms with Gasteiger partial charge in [-0.15, -0.1) is 6.58 Å². The first-order chi connectivity index (χ1) is 5.93. The largest absolute Gasteiger partial charge is 0.314 e. The van der Waals surface area contributed by atoms with E-state index in [9.17, 15) is 0 Å². The number of hydrogen-bond donors (Lipinski definition) is 1. The lowest BCUT2D eigenvalue weighted by atomic mass is 9.95. The van der Waals surface area contributed by atoms with Gasteiger partial charge < -0.3 is 5.32 Å². The zero-order chi connectivity index (χ0) is 8.65. The fourth-order valence-electron chi connectivity index (χ4n) is 1.86. The summed E-state index contributed by atoms with van der Waals surface area (Å²) in [5, 5.41) is 3.61. The summed E-state index contributed by atoms with van der Waals surface area (Å²) < 4.78 is 0. The van der Waals surface area contributed by atoms with E-state index in [0.29, 0.717) is 0 Å². The lowest BCUT2D eigenvalue weighted by molar-refractivity contribution is 0.373. The molecule has 0 amide bonds. The van der Waals surface area contributed by atoms with Gasteiger partial charge in [-0.1, -0.05) is 25.3 Å². The molecule has 1 saturated carbocycles. The van der Waals surface area contributed by atoms with E-state index >= 15 is 0 Å². The van der Waals surface area contributed by atoms with Gasteiger partial charge in [0.1, 0.15) is 0 Å². The Labute approximate surface area is 76.2 Å². The van der Waals surface area contributed by atoms with Crippen molar-refractivity contribution in [3.63, 3.8) is 0 Å². The number of allylic oxidation sites excluding steroid dienone is 1. The van der Waals surface area contributed by atoms with Gasteiger partial charge in [-0.3, -0.25) is 0 Å². The topological polar surface area (TPSA) is 12.0 Å². The van der Waals surface area contributed by atoms with E-state index in [2.05, 4.69) is 11.9 Å². The lowest BCUT2D eigenvalue weighted by Gasteiger charge is -2.22. The van der Waals surface area contributed by atoms with E-state index in [1.165, 1.54) is 45.1 Å². The summed E-state index contributed by atoms with van der Waals surface area (Å²) in [6, 6.07) is 0.823. The second-order valence-corrected chi connectivity index (χ2v) is 3.72. The van der Waals surface area contributed by atoms with E-state index in [0.717, 1.165) is 12.5 Å². The highest BCUT2D eigenvalue weighted by Gasteiger charge is 2.11. The molecule has 0 spiro atoms. The van der Waals surface area contributed by atoms with Gasteiger partial charge in [0.05, 0.1) is 0 Å². The molecule has 0 heterocycles. The predicted octanol–water partition coefficient (Wildman–Crippen LogP) is 2.87. The van der Waals surface area contributed by atoms with Crippen LogP contribution in [-0.2, 0) is 0 Å². The van der Waals surface area contributed by atoms with Gasteiger partial charge in [0.25, 0.3) is 0 Å². The lowest BCUT2D eigenvalue weighted by Crippen LogP contribution is -2.31. The molecular formula is C11H21N. The summed E-state index contributed by atoms with van der Waals surface area (Å²) >= 11 is 0. The van der Waals surface area contributed by atoms with E-state index in [1.807, 2.05) is 6.08 Å². The zero-order valence-electron chi connectivity index (χ0n) is 8.02. The Kier molecular flexibility index (Phi) is 5.09. The molecule has 1 fully saturated rings. The van der Waals surface area contributed by atoms with Gasteiger partial charge in [-0.05, 0) is 32.2 Å². The van der Waals surface area contributed by atoms with Crippen LogP contribution in [0, 0.1) is 0 Å². The third-order valence-corrected chi connectivity index (χ3v) is 2.62. The standard InChI is InChI=1S/C11H21N/c1-2-3-7-10-12-11-8-5-4-6-9-11/h2,11-12H,1,3-10H2. The highest BCUT2D eigenvalue weighted by atomic mass is 14.9. The van der Waals surface area contributed by atoms with E-state index in [1.54, 1.807) is 0 Å². The maximum absolute atomic E-state index is 3.72. The first-order valence-corrected chi connectivity index (χ1v) is 5.28. The molecule has 12 heavy (non-hydrogen) atoms. The Balaban J connectivity index is 1.94. The van der Waals surface area contributed by atoms with Crippen LogP contribution in [0.25, 0.3) is 0 Å². The molecular weight excluding hydrogens is 146 g/mol. The van der Waals surface area contributed by atoms with Crippen molar-refractivity contribution in [2.45, 2.75) is 51.0 Å². The summed E-state index contributed by atoms with van der Waals surface area (Å²) in [4.78, 5) is 0. The molecule has 0 unspecified atom stereocenters. The van der Waals surface area contributed by atoms with Gasteiger partial charge in [0.2, 0.25) is 0 Å². The first-order valence-electron chi connectivity index (χ1n) is 5.28. The second kappa shape index (κ2) is 6.24. The van der Waals surface area contributed by atoms with E-state index in [4.69, 9.17) is 0 Å². The molecule has 1 aliphatic carbocycles. The first kappa shape index (κ1) is 9.79. The number of unbranched alkanes of at least 4 members (excludes halogenated alkanes) is 1. The molecule has 0 aromatic heterocycles. The summed E-state index contributed by atoms with van der Waals surface area (Å²) in [6.45, 7) is 4.89. The van der Waals surface area contributed by atoms with Crippen LogP contribution in [0.3, 0.4) is 0 Å². The minimum Gasteiger partial charge on any atom is -0.314 e. The maximum Gasteiger partial charge on any atom is 0.00670 e. The second-order valence-electron chi connectivity index (χ2n) is 3.72. The molecule has 1 rings (SSSR count). The summed E-state index contributed by atoms with van der Waals surface area (Å²) in [5.74, 6) is 0. The third kappa shape index (κ3) is 3.91. The summed E-state index contributed by atoms with van der Waals surface area (Å²) in [5.41, 5.74) is 0. The molecule has 0 bridgehead atoms. The predicted molar refractivity (Wildman–Crippen MR) is 54.3 cm³/mol. The Morgan fingerprint density at radius 2 is 2.00 bits per heavy atom. The molecule has 0 aromatic rings. The SMILES string of the molecule is C=CCCCNC1CCCCC1. The monoisotopic (exact) mass is 167 g/mol. The van der Waals surface area contributed by atoms with Crippen molar-refractivity contribution in [2.75, 3.05) is 6.54 Å². The Hall–Kier alpha value is -0.300. The Morgan fingerprint density at radius 1 is 1.25 bits per heavy atom. The fourth-order valence-corrected chi connectivity index (χ4v) is 1.86. The van der Waals surface area contributed by atoms with Crippen LogP contribution >= 0.6 is 0 Å². The quantitative estimate of drug-likeness (QED) is 0.490. The molecule has 1 nitrogen and oxygen atoms in total. The fraction of sp³-hybridized carbons (Fsp3) is 0.818. The smallest absolute Gasteiger partial charge is 0.00670 e. The number of hydrogen-bond acceptors (Lipinski definition) is 1. The van der Waals surface area contributed by atoms with E-state index < -0.39 is 0 Å². The van der Waals surface area contributed by atoms with Gasteiger partial charge >= 0.3 is 0 Å². The average Bonchev–Trinajstić information content (AvgIpc) is 2.14. The van der Waals surface area contributed by atoms with Crippen molar-refractivity contribution in [2.24, 2.45) is 0 Å². The van der Waals surface area contributed by atoms with Crippen molar-refractivity contribution in [3.8, 4) is 0 Å². The van der Waals surface area contributed by atoms with Crippen LogP contribution in [0.4, 0.5) is 0 Å². The van der Waals surface area contributed by atoms with Gasteiger partial charge in [0.15, 0.2) is 0 Å². The average molecular weight is 167 g/mol. The number of rotatable bonds is 5. The van der Waals surface area contributed by atoms with Crippen LogP contribution in [0.1, 0.15) is 44.9 Å². The Morgan fingerprint density at radius 3 is 2.67 bits per heavy atom. The van der Waals surface area contributed by atoms with Crippen molar-refractivity contribution in [1.82, 2.24) is 5.32 Å². The van der Waals surface area contributed by atoms with E-state index in [-0.39, 0.29) is 0 Å². The van der Waals surface area contributed by atoms with Crippen LogP contribution in [0.15, 0.2) is 12.7 Å². The van der Waals surface area contributed by atoms with Gasteiger partial charge in [-0.25, -0.2) is 0 Å². The molecule has 0 atom stereocenters. The minimum atomic E-state index is 0.823. The van der Waals surface area contributed by atoms with Gasteiger partial charge in [0, 0.05) is 6.04 Å². The molecule has 1 heteroatoms.